The van der Waals surface area contributed by atoms with E-state index in [1.807, 2.05) is 30.3 Å². The molecule has 1 amide bonds. The number of likely N-dealkylation sites (tertiary alicyclic amines) is 1. The highest BCUT2D eigenvalue weighted by atomic mass is 127. The molecule has 1 aromatic carbocycles. The number of hydrogen-bond donors (Lipinski definition) is 2. The molecule has 0 bridgehead atoms. The van der Waals surface area contributed by atoms with Gasteiger partial charge in [0, 0.05) is 26.1 Å². The Kier molecular flexibility index (Phi) is 10.3. The Morgan fingerprint density at radius 2 is 2.16 bits per heavy atom. The number of rotatable bonds is 7. The van der Waals surface area contributed by atoms with Crippen molar-refractivity contribution in [2.45, 2.75) is 26.2 Å². The molecule has 0 saturated carbocycles. The first-order chi connectivity index (χ1) is 11.7. The molecule has 1 saturated heterocycles. The number of nitrogens with one attached hydrogen (secondary N) is 1. The molecule has 0 aliphatic carbocycles. The van der Waals surface area contributed by atoms with Crippen LogP contribution >= 0.6 is 24.0 Å². The summed E-state index contributed by atoms with van der Waals surface area (Å²) < 4.78 is 5.68. The monoisotopic (exact) mass is 460 g/mol. The molecular formula is C18H29IN4O2. The second-order valence-electron chi connectivity index (χ2n) is 6.02. The van der Waals surface area contributed by atoms with Crippen LogP contribution in [0.15, 0.2) is 35.3 Å². The van der Waals surface area contributed by atoms with E-state index in [0.29, 0.717) is 25.5 Å². The van der Waals surface area contributed by atoms with Crippen molar-refractivity contribution in [3.05, 3.63) is 30.3 Å². The van der Waals surface area contributed by atoms with Crippen LogP contribution in [0.1, 0.15) is 26.2 Å². The highest BCUT2D eigenvalue weighted by molar-refractivity contribution is 14.0. The molecule has 1 fully saturated rings. The van der Waals surface area contributed by atoms with E-state index < -0.39 is 0 Å². The van der Waals surface area contributed by atoms with E-state index in [2.05, 4.69) is 22.1 Å². The van der Waals surface area contributed by atoms with Gasteiger partial charge in [-0.2, -0.15) is 0 Å². The van der Waals surface area contributed by atoms with Gasteiger partial charge in [-0.15, -0.1) is 24.0 Å². The second-order valence-corrected chi connectivity index (χ2v) is 6.02. The van der Waals surface area contributed by atoms with Crippen molar-refractivity contribution in [3.8, 4) is 5.75 Å². The van der Waals surface area contributed by atoms with E-state index >= 15 is 0 Å². The quantitative estimate of drug-likeness (QED) is 0.283. The summed E-state index contributed by atoms with van der Waals surface area (Å²) in [6.45, 7) is 5.79. The number of nitrogens with zero attached hydrogens (tertiary/aromatic N) is 2. The first-order valence-electron chi connectivity index (χ1n) is 8.68. The fraction of sp³-hybridized carbons (Fsp3) is 0.556. The molecule has 1 unspecified atom stereocenters. The van der Waals surface area contributed by atoms with Gasteiger partial charge in [0.2, 0.25) is 5.91 Å². The SMILES string of the molecule is CCNC(=NCCOc1ccccc1)N1CCCC(CC(N)=O)C1.I. The lowest BCUT2D eigenvalue weighted by Crippen LogP contribution is -2.47. The van der Waals surface area contributed by atoms with Gasteiger partial charge in [-0.3, -0.25) is 4.79 Å². The Morgan fingerprint density at radius 3 is 2.84 bits per heavy atom. The summed E-state index contributed by atoms with van der Waals surface area (Å²) in [6, 6.07) is 9.75. The van der Waals surface area contributed by atoms with Gasteiger partial charge in [-0.1, -0.05) is 18.2 Å². The number of para-hydroxylation sites is 1. The fourth-order valence-electron chi connectivity index (χ4n) is 2.97. The maximum Gasteiger partial charge on any atom is 0.217 e. The molecule has 1 heterocycles. The molecule has 2 rings (SSSR count). The summed E-state index contributed by atoms with van der Waals surface area (Å²) in [5, 5.41) is 3.33. The molecule has 1 aliphatic heterocycles. The van der Waals surface area contributed by atoms with Crippen molar-refractivity contribution in [2.75, 3.05) is 32.8 Å². The van der Waals surface area contributed by atoms with Gasteiger partial charge >= 0.3 is 0 Å². The molecule has 1 aromatic rings. The zero-order chi connectivity index (χ0) is 17.2. The number of ether oxygens (including phenoxy) is 1. The predicted octanol–water partition coefficient (Wildman–Crippen LogP) is 2.24. The average molecular weight is 460 g/mol. The van der Waals surface area contributed by atoms with Crippen LogP contribution in [0, 0.1) is 5.92 Å². The lowest BCUT2D eigenvalue weighted by molar-refractivity contribution is -0.119. The molecule has 0 aromatic heterocycles. The minimum Gasteiger partial charge on any atom is -0.492 e. The van der Waals surface area contributed by atoms with Crippen molar-refractivity contribution < 1.29 is 9.53 Å². The average Bonchev–Trinajstić information content (AvgIpc) is 2.58. The first kappa shape index (κ1) is 21.5. The van der Waals surface area contributed by atoms with Gasteiger partial charge in [-0.25, -0.2) is 4.99 Å². The Bertz CT molecular complexity index is 539. The summed E-state index contributed by atoms with van der Waals surface area (Å²) in [7, 11) is 0. The van der Waals surface area contributed by atoms with Crippen LogP contribution in [0.3, 0.4) is 0 Å². The van der Waals surface area contributed by atoms with Crippen LogP contribution in [0.5, 0.6) is 5.75 Å². The molecule has 6 nitrogen and oxygen atoms in total. The number of hydrogen-bond acceptors (Lipinski definition) is 3. The van der Waals surface area contributed by atoms with Crippen LogP contribution in [0.25, 0.3) is 0 Å². The zero-order valence-electron chi connectivity index (χ0n) is 14.8. The molecule has 140 valence electrons. The minimum atomic E-state index is -0.222. The molecule has 1 aliphatic rings. The summed E-state index contributed by atoms with van der Waals surface area (Å²) >= 11 is 0. The number of primary amides is 1. The predicted molar refractivity (Wildman–Crippen MR) is 111 cm³/mol. The number of guanidine groups is 1. The Hall–Kier alpha value is -1.51. The number of halogens is 1. The third-order valence-electron chi connectivity index (χ3n) is 4.01. The number of nitrogens with two attached hydrogens (primary N) is 1. The standard InChI is InChI=1S/C18H28N4O2.HI/c1-2-20-18(21-10-12-24-16-8-4-3-5-9-16)22-11-6-7-15(14-22)13-17(19)23;/h3-5,8-9,15H,2,6-7,10-14H2,1H3,(H2,19,23)(H,20,21);1H. The van der Waals surface area contributed by atoms with Crippen LogP contribution in [-0.2, 0) is 4.79 Å². The zero-order valence-corrected chi connectivity index (χ0v) is 17.1. The van der Waals surface area contributed by atoms with Crippen molar-refractivity contribution in [1.29, 1.82) is 0 Å². The topological polar surface area (TPSA) is 80.0 Å². The van der Waals surface area contributed by atoms with Gasteiger partial charge in [0.1, 0.15) is 12.4 Å². The largest absolute Gasteiger partial charge is 0.492 e. The maximum absolute atomic E-state index is 11.2. The molecule has 0 spiro atoms. The Labute approximate surface area is 167 Å². The number of amides is 1. The first-order valence-corrected chi connectivity index (χ1v) is 8.68. The normalized spacial score (nSPS) is 17.6. The highest BCUT2D eigenvalue weighted by Gasteiger charge is 2.23. The summed E-state index contributed by atoms with van der Waals surface area (Å²) in [4.78, 5) is 18.0. The molecule has 0 radical (unpaired) electrons. The lowest BCUT2D eigenvalue weighted by atomic mass is 9.95. The number of carbonyl (C=O) groups excluding carboxylic acids is 1. The lowest BCUT2D eigenvalue weighted by Gasteiger charge is -2.34. The highest BCUT2D eigenvalue weighted by Crippen LogP contribution is 2.19. The number of benzene rings is 1. The van der Waals surface area contributed by atoms with E-state index in [0.717, 1.165) is 44.2 Å². The third-order valence-corrected chi connectivity index (χ3v) is 4.01. The van der Waals surface area contributed by atoms with Crippen LogP contribution in [0.2, 0.25) is 0 Å². The summed E-state index contributed by atoms with van der Waals surface area (Å²) in [5.74, 6) is 1.85. The van der Waals surface area contributed by atoms with E-state index in [9.17, 15) is 4.79 Å². The van der Waals surface area contributed by atoms with E-state index in [1.54, 1.807) is 0 Å². The van der Waals surface area contributed by atoms with Crippen molar-refractivity contribution >= 4 is 35.8 Å². The molecular weight excluding hydrogens is 431 g/mol. The second kappa shape index (κ2) is 11.9. The van der Waals surface area contributed by atoms with Crippen LogP contribution < -0.4 is 15.8 Å². The Balaban J connectivity index is 0.00000312. The van der Waals surface area contributed by atoms with Crippen molar-refractivity contribution in [2.24, 2.45) is 16.6 Å². The van der Waals surface area contributed by atoms with Gasteiger partial charge in [0.25, 0.3) is 0 Å². The minimum absolute atomic E-state index is 0. The molecule has 1 atom stereocenters. The van der Waals surface area contributed by atoms with Crippen molar-refractivity contribution in [1.82, 2.24) is 10.2 Å². The third kappa shape index (κ3) is 7.94. The molecule has 3 N–H and O–H groups in total. The van der Waals surface area contributed by atoms with Gasteiger partial charge in [0.05, 0.1) is 6.54 Å². The van der Waals surface area contributed by atoms with E-state index in [-0.39, 0.29) is 29.9 Å². The fourth-order valence-corrected chi connectivity index (χ4v) is 2.97. The van der Waals surface area contributed by atoms with Gasteiger partial charge < -0.3 is 20.7 Å². The summed E-state index contributed by atoms with van der Waals surface area (Å²) in [5.41, 5.74) is 5.34. The summed E-state index contributed by atoms with van der Waals surface area (Å²) in [6.07, 6.45) is 2.56. The smallest absolute Gasteiger partial charge is 0.217 e. The van der Waals surface area contributed by atoms with Crippen LogP contribution in [-0.4, -0.2) is 49.6 Å². The van der Waals surface area contributed by atoms with E-state index in [4.69, 9.17) is 10.5 Å². The Morgan fingerprint density at radius 1 is 1.40 bits per heavy atom. The molecule has 7 heteroatoms. The molecule has 25 heavy (non-hydrogen) atoms. The number of aliphatic imine (C=N–C) groups is 1. The van der Waals surface area contributed by atoms with Gasteiger partial charge in [-0.05, 0) is 37.8 Å². The van der Waals surface area contributed by atoms with E-state index in [1.165, 1.54) is 0 Å². The number of piperidine rings is 1. The number of carbonyl (C=O) groups is 1. The van der Waals surface area contributed by atoms with Crippen molar-refractivity contribution in [3.63, 3.8) is 0 Å². The van der Waals surface area contributed by atoms with Gasteiger partial charge in [0.15, 0.2) is 5.96 Å². The van der Waals surface area contributed by atoms with Crippen LogP contribution in [0.4, 0.5) is 0 Å². The maximum atomic E-state index is 11.2.